The summed E-state index contributed by atoms with van der Waals surface area (Å²) in [6.07, 6.45) is -1.70. The van der Waals surface area contributed by atoms with Crippen LogP contribution in [0.3, 0.4) is 0 Å². The van der Waals surface area contributed by atoms with E-state index in [2.05, 4.69) is 15.6 Å². The average molecular weight is 437 g/mol. The van der Waals surface area contributed by atoms with Crippen LogP contribution in [0.4, 0.5) is 13.2 Å². The van der Waals surface area contributed by atoms with Crippen molar-refractivity contribution in [3.63, 3.8) is 0 Å². The first-order valence-electron chi connectivity index (χ1n) is 9.69. The van der Waals surface area contributed by atoms with Gasteiger partial charge in [0.25, 0.3) is 0 Å². The van der Waals surface area contributed by atoms with Crippen LogP contribution in [0.5, 0.6) is 0 Å². The molecular formula is C21H23F3N4OS. The number of thiazole rings is 1. The molecule has 30 heavy (non-hydrogen) atoms. The number of nitrogens with zero attached hydrogens (tertiary/aromatic N) is 2. The Hall–Kier alpha value is -2.44. The topological polar surface area (TPSA) is 77.8 Å². The number of hydrogen-bond acceptors (Lipinski definition) is 5. The number of benzene rings is 1. The molecule has 2 aromatic rings. The molecule has 1 amide bonds. The van der Waals surface area contributed by atoms with Crippen molar-refractivity contribution in [2.75, 3.05) is 0 Å². The Balaban J connectivity index is 1.82. The van der Waals surface area contributed by atoms with Crippen molar-refractivity contribution in [3.05, 3.63) is 41.4 Å². The molecule has 1 heterocycles. The van der Waals surface area contributed by atoms with Gasteiger partial charge in [-0.25, -0.2) is 4.98 Å². The van der Waals surface area contributed by atoms with Gasteiger partial charge in [-0.1, -0.05) is 38.1 Å². The molecule has 1 aliphatic rings. The fraction of sp³-hybridized carbons (Fsp3) is 0.476. The first-order chi connectivity index (χ1) is 14.1. The lowest BCUT2D eigenvalue weighted by molar-refractivity contribution is -0.161. The maximum Gasteiger partial charge on any atom is 0.407 e. The molecule has 0 radical (unpaired) electrons. The summed E-state index contributed by atoms with van der Waals surface area (Å²) in [4.78, 5) is 16.9. The van der Waals surface area contributed by atoms with Gasteiger partial charge >= 0.3 is 6.18 Å². The molecule has 9 heteroatoms. The van der Waals surface area contributed by atoms with E-state index in [1.807, 2.05) is 19.9 Å². The molecule has 1 aliphatic carbocycles. The minimum absolute atomic E-state index is 0.00773. The molecule has 0 aliphatic heterocycles. The monoisotopic (exact) mass is 436 g/mol. The second-order valence-electron chi connectivity index (χ2n) is 7.97. The third kappa shape index (κ3) is 5.37. The second-order valence-corrected chi connectivity index (χ2v) is 8.86. The molecule has 0 spiro atoms. The summed E-state index contributed by atoms with van der Waals surface area (Å²) in [5.41, 5.74) is -0.182. The minimum Gasteiger partial charge on any atom is -0.336 e. The second kappa shape index (κ2) is 8.74. The lowest BCUT2D eigenvalue weighted by atomic mass is 9.98. The van der Waals surface area contributed by atoms with Gasteiger partial charge in [-0.3, -0.25) is 10.1 Å². The van der Waals surface area contributed by atoms with Gasteiger partial charge in [-0.2, -0.15) is 18.4 Å². The van der Waals surface area contributed by atoms with Crippen molar-refractivity contribution < 1.29 is 18.0 Å². The van der Waals surface area contributed by atoms with Crippen LogP contribution in [-0.2, 0) is 4.79 Å². The number of amides is 1. The van der Waals surface area contributed by atoms with E-state index in [9.17, 15) is 23.2 Å². The van der Waals surface area contributed by atoms with Crippen LogP contribution in [0, 0.1) is 17.2 Å². The summed E-state index contributed by atoms with van der Waals surface area (Å²) in [5, 5.41) is 16.8. The predicted molar refractivity (Wildman–Crippen MR) is 108 cm³/mol. The van der Waals surface area contributed by atoms with Crippen LogP contribution in [0.2, 0.25) is 0 Å². The van der Waals surface area contributed by atoms with Gasteiger partial charge in [0.1, 0.15) is 16.6 Å². The summed E-state index contributed by atoms with van der Waals surface area (Å²) >= 11 is 1.40. The SMILES string of the molecule is CC(C)C[C@H](N[C@@H](c1ccc(-c2nccs2)cc1)C(F)(F)F)C(=O)NC1(C#N)CC1. The van der Waals surface area contributed by atoms with Crippen molar-refractivity contribution in [2.24, 2.45) is 5.92 Å². The van der Waals surface area contributed by atoms with Crippen molar-refractivity contribution in [1.29, 1.82) is 5.26 Å². The number of carbonyl (C=O) groups is 1. The van der Waals surface area contributed by atoms with Gasteiger partial charge in [-0.15, -0.1) is 11.3 Å². The zero-order valence-electron chi connectivity index (χ0n) is 16.7. The number of rotatable bonds is 8. The molecule has 1 fully saturated rings. The number of nitriles is 1. The van der Waals surface area contributed by atoms with Gasteiger partial charge < -0.3 is 5.32 Å². The van der Waals surface area contributed by atoms with Crippen molar-refractivity contribution in [2.45, 2.75) is 56.9 Å². The molecule has 5 nitrogen and oxygen atoms in total. The van der Waals surface area contributed by atoms with E-state index in [1.165, 1.54) is 23.5 Å². The Morgan fingerprint density at radius 2 is 1.97 bits per heavy atom. The van der Waals surface area contributed by atoms with Gasteiger partial charge in [0, 0.05) is 17.1 Å². The van der Waals surface area contributed by atoms with Crippen LogP contribution in [0.15, 0.2) is 35.8 Å². The zero-order chi connectivity index (χ0) is 21.9. The average Bonchev–Trinajstić information content (AvgIpc) is 3.23. The largest absolute Gasteiger partial charge is 0.407 e. The van der Waals surface area contributed by atoms with Gasteiger partial charge in [0.05, 0.1) is 12.1 Å². The fourth-order valence-corrected chi connectivity index (χ4v) is 3.84. The first-order valence-corrected chi connectivity index (χ1v) is 10.6. The lowest BCUT2D eigenvalue weighted by Gasteiger charge is -2.29. The summed E-state index contributed by atoms with van der Waals surface area (Å²) in [5.74, 6) is -0.581. The summed E-state index contributed by atoms with van der Waals surface area (Å²) in [6.45, 7) is 3.68. The van der Waals surface area contributed by atoms with Gasteiger partial charge in [0.2, 0.25) is 5.91 Å². The number of hydrogen-bond donors (Lipinski definition) is 2. The summed E-state index contributed by atoms with van der Waals surface area (Å²) < 4.78 is 41.7. The van der Waals surface area contributed by atoms with Crippen LogP contribution < -0.4 is 10.6 Å². The fourth-order valence-electron chi connectivity index (χ4n) is 3.20. The number of nitrogens with one attached hydrogen (secondary N) is 2. The highest BCUT2D eigenvalue weighted by Crippen LogP contribution is 2.36. The normalized spacial score (nSPS) is 17.2. The zero-order valence-corrected chi connectivity index (χ0v) is 17.5. The van der Waals surface area contributed by atoms with Gasteiger partial charge in [0.15, 0.2) is 0 Å². The highest BCUT2D eigenvalue weighted by atomic mass is 32.1. The Kier molecular flexibility index (Phi) is 6.48. The van der Waals surface area contributed by atoms with E-state index in [0.717, 1.165) is 10.6 Å². The summed E-state index contributed by atoms with van der Waals surface area (Å²) in [7, 11) is 0. The first kappa shape index (κ1) is 22.2. The molecule has 160 valence electrons. The standard InChI is InChI=1S/C21H23F3N4OS/c1-13(2)11-16(18(29)28-20(12-25)7-8-20)27-17(21(22,23)24)14-3-5-15(6-4-14)19-26-9-10-30-19/h3-6,9-10,13,16-17,27H,7-8,11H2,1-2H3,(H,28,29)/t16-,17-/m0/s1. The molecule has 2 atom stereocenters. The lowest BCUT2D eigenvalue weighted by Crippen LogP contribution is -2.52. The number of aromatic nitrogens is 1. The third-order valence-corrected chi connectivity index (χ3v) is 5.79. The third-order valence-electron chi connectivity index (χ3n) is 4.97. The molecular weight excluding hydrogens is 413 g/mol. The van der Waals surface area contributed by atoms with E-state index in [1.54, 1.807) is 23.7 Å². The quantitative estimate of drug-likeness (QED) is 0.635. The molecule has 2 N–H and O–H groups in total. The molecule has 0 bridgehead atoms. The molecule has 0 saturated heterocycles. The molecule has 0 unspecified atom stereocenters. The molecule has 3 rings (SSSR count). The number of carbonyl (C=O) groups excluding carboxylic acids is 1. The highest BCUT2D eigenvalue weighted by molar-refractivity contribution is 7.13. The smallest absolute Gasteiger partial charge is 0.336 e. The van der Waals surface area contributed by atoms with Crippen LogP contribution in [-0.4, -0.2) is 28.6 Å². The van der Waals surface area contributed by atoms with E-state index >= 15 is 0 Å². The Morgan fingerprint density at radius 1 is 1.30 bits per heavy atom. The van der Waals surface area contributed by atoms with Crippen LogP contribution in [0.1, 0.15) is 44.7 Å². The Bertz CT molecular complexity index is 900. The van der Waals surface area contributed by atoms with E-state index < -0.39 is 29.7 Å². The Labute approximate surface area is 177 Å². The van der Waals surface area contributed by atoms with E-state index in [-0.39, 0.29) is 17.9 Å². The van der Waals surface area contributed by atoms with Crippen LogP contribution >= 0.6 is 11.3 Å². The van der Waals surface area contributed by atoms with Crippen LogP contribution in [0.25, 0.3) is 10.6 Å². The molecule has 1 aromatic carbocycles. The summed E-state index contributed by atoms with van der Waals surface area (Å²) in [6, 6.07) is 4.98. The van der Waals surface area contributed by atoms with Crippen molar-refractivity contribution >= 4 is 17.2 Å². The molecule has 1 saturated carbocycles. The van der Waals surface area contributed by atoms with Crippen molar-refractivity contribution in [1.82, 2.24) is 15.6 Å². The predicted octanol–water partition coefficient (Wildman–Crippen LogP) is 4.59. The highest BCUT2D eigenvalue weighted by Gasteiger charge is 2.47. The maximum atomic E-state index is 13.9. The maximum absolute atomic E-state index is 13.9. The molecule has 1 aromatic heterocycles. The van der Waals surface area contributed by atoms with E-state index in [4.69, 9.17) is 0 Å². The van der Waals surface area contributed by atoms with Gasteiger partial charge in [-0.05, 0) is 30.7 Å². The minimum atomic E-state index is -4.59. The Morgan fingerprint density at radius 3 is 2.43 bits per heavy atom. The van der Waals surface area contributed by atoms with E-state index in [0.29, 0.717) is 12.8 Å². The van der Waals surface area contributed by atoms with Crippen molar-refractivity contribution in [3.8, 4) is 16.6 Å². The number of halogens is 3. The number of alkyl halides is 3.